The van der Waals surface area contributed by atoms with Gasteiger partial charge in [-0.1, -0.05) is 56.2 Å². The summed E-state index contributed by atoms with van der Waals surface area (Å²) >= 11 is 0. The Morgan fingerprint density at radius 2 is 1.83 bits per heavy atom. The number of hydrogen-bond acceptors (Lipinski definition) is 3. The average Bonchev–Trinajstić information content (AvgIpc) is 2.88. The highest BCUT2D eigenvalue weighted by molar-refractivity contribution is 6.09. The fourth-order valence-electron chi connectivity index (χ4n) is 4.90. The molecule has 0 bridgehead atoms. The van der Waals surface area contributed by atoms with Gasteiger partial charge in [0.2, 0.25) is 0 Å². The Hall–Kier alpha value is -3.93. The molecule has 0 spiro atoms. The minimum Gasteiger partial charge on any atom is -0.449 e. The minimum atomic E-state index is -0.348. The Bertz CT molecular complexity index is 1300. The van der Waals surface area contributed by atoms with Gasteiger partial charge in [0.15, 0.2) is 11.5 Å². The lowest BCUT2D eigenvalue weighted by atomic mass is 9.86. The van der Waals surface area contributed by atoms with Gasteiger partial charge in [0, 0.05) is 11.6 Å². The van der Waals surface area contributed by atoms with Crippen molar-refractivity contribution in [3.05, 3.63) is 101 Å². The number of halogens is 1. The smallest absolute Gasteiger partial charge is 0.294 e. The molecule has 36 heavy (non-hydrogen) atoms. The number of para-hydroxylation sites is 2. The van der Waals surface area contributed by atoms with Crippen LogP contribution in [0.1, 0.15) is 54.1 Å². The van der Waals surface area contributed by atoms with Crippen LogP contribution in [-0.4, -0.2) is 17.9 Å². The van der Waals surface area contributed by atoms with Gasteiger partial charge in [0.25, 0.3) is 11.8 Å². The van der Waals surface area contributed by atoms with Crippen molar-refractivity contribution in [2.45, 2.75) is 45.2 Å². The molecule has 2 unspecified atom stereocenters. The van der Waals surface area contributed by atoms with Crippen molar-refractivity contribution >= 4 is 23.6 Å². The van der Waals surface area contributed by atoms with Gasteiger partial charge in [-0.2, -0.15) is 0 Å². The number of amides is 2. The van der Waals surface area contributed by atoms with E-state index in [1.54, 1.807) is 53.4 Å². The third-order valence-corrected chi connectivity index (χ3v) is 6.96. The zero-order valence-electron chi connectivity index (χ0n) is 20.2. The molecule has 6 heteroatoms. The van der Waals surface area contributed by atoms with Crippen molar-refractivity contribution in [1.82, 2.24) is 5.32 Å². The molecule has 1 fully saturated rings. The lowest BCUT2D eigenvalue weighted by Crippen LogP contribution is -2.41. The first-order chi connectivity index (χ1) is 17.5. The van der Waals surface area contributed by atoms with Crippen LogP contribution in [0.25, 0.3) is 6.08 Å². The van der Waals surface area contributed by atoms with Gasteiger partial charge in [-0.3, -0.25) is 14.5 Å². The largest absolute Gasteiger partial charge is 0.449 e. The first-order valence-electron chi connectivity index (χ1n) is 12.4. The van der Waals surface area contributed by atoms with Crippen LogP contribution in [0.5, 0.6) is 5.75 Å². The van der Waals surface area contributed by atoms with Gasteiger partial charge in [-0.15, -0.1) is 0 Å². The number of rotatable bonds is 5. The molecule has 1 N–H and O–H groups in total. The number of carbonyl (C=O) groups is 2. The van der Waals surface area contributed by atoms with Crippen molar-refractivity contribution in [3.8, 4) is 5.75 Å². The summed E-state index contributed by atoms with van der Waals surface area (Å²) in [5.41, 5.74) is 2.64. The Kier molecular flexibility index (Phi) is 6.85. The molecule has 2 aliphatic rings. The van der Waals surface area contributed by atoms with Crippen LogP contribution in [0.3, 0.4) is 0 Å². The van der Waals surface area contributed by atoms with Crippen LogP contribution < -0.4 is 15.0 Å². The lowest BCUT2D eigenvalue weighted by molar-refractivity contribution is -0.117. The first kappa shape index (κ1) is 23.8. The topological polar surface area (TPSA) is 58.6 Å². The molecular formula is C30H29FN2O3. The number of ether oxygens (including phenoxy) is 1. The molecule has 3 aromatic carbocycles. The summed E-state index contributed by atoms with van der Waals surface area (Å²) in [7, 11) is 0. The molecule has 0 radical (unpaired) electrons. The van der Waals surface area contributed by atoms with Crippen LogP contribution in [0.15, 0.2) is 78.6 Å². The van der Waals surface area contributed by atoms with Gasteiger partial charge in [0.1, 0.15) is 5.82 Å². The first-order valence-corrected chi connectivity index (χ1v) is 12.4. The number of anilines is 1. The van der Waals surface area contributed by atoms with Gasteiger partial charge in [-0.25, -0.2) is 4.39 Å². The van der Waals surface area contributed by atoms with Crippen LogP contribution in [0.2, 0.25) is 0 Å². The van der Waals surface area contributed by atoms with Gasteiger partial charge in [-0.05, 0) is 72.4 Å². The molecule has 0 saturated heterocycles. The highest BCUT2D eigenvalue weighted by Gasteiger charge is 2.30. The molecule has 5 nitrogen and oxygen atoms in total. The Morgan fingerprint density at radius 1 is 1.06 bits per heavy atom. The van der Waals surface area contributed by atoms with E-state index in [-0.39, 0.29) is 36.0 Å². The van der Waals surface area contributed by atoms with E-state index in [9.17, 15) is 14.0 Å². The third kappa shape index (κ3) is 5.18. The molecule has 1 aliphatic carbocycles. The molecule has 5 rings (SSSR count). The number of nitrogens with zero attached hydrogens (tertiary/aromatic N) is 1. The summed E-state index contributed by atoms with van der Waals surface area (Å²) in [5, 5.41) is 3.17. The maximum Gasteiger partial charge on any atom is 0.294 e. The Balaban J connectivity index is 1.35. The maximum atomic E-state index is 13.8. The second-order valence-corrected chi connectivity index (χ2v) is 9.56. The van der Waals surface area contributed by atoms with E-state index >= 15 is 0 Å². The standard InChI is InChI=1S/C30H29FN2O3/c1-20-7-2-3-10-25(20)32-29(34)23-15-13-21(14-16-23)18-28-30(35)33(19-22-8-6-9-24(31)17-22)26-11-4-5-12-27(26)36-28/h4-6,8-9,11-18,20,25H,2-3,7,10,19H2,1H3,(H,32,34). The van der Waals surface area contributed by atoms with Crippen LogP contribution in [0, 0.1) is 11.7 Å². The second kappa shape index (κ2) is 10.4. The molecular weight excluding hydrogens is 455 g/mol. The number of benzene rings is 3. The molecule has 2 atom stereocenters. The monoisotopic (exact) mass is 484 g/mol. The summed E-state index contributed by atoms with van der Waals surface area (Å²) in [6.45, 7) is 2.41. The molecule has 1 aliphatic heterocycles. The summed E-state index contributed by atoms with van der Waals surface area (Å²) in [6, 6.07) is 20.9. The predicted molar refractivity (Wildman–Crippen MR) is 138 cm³/mol. The predicted octanol–water partition coefficient (Wildman–Crippen LogP) is 6.10. The summed E-state index contributed by atoms with van der Waals surface area (Å²) < 4.78 is 19.7. The lowest BCUT2D eigenvalue weighted by Gasteiger charge is -2.30. The van der Waals surface area contributed by atoms with E-state index in [4.69, 9.17) is 4.74 Å². The van der Waals surface area contributed by atoms with Gasteiger partial charge < -0.3 is 10.1 Å². The Labute approximate surface area is 210 Å². The summed E-state index contributed by atoms with van der Waals surface area (Å²) in [6.07, 6.45) is 6.20. The summed E-state index contributed by atoms with van der Waals surface area (Å²) in [4.78, 5) is 27.7. The van der Waals surface area contributed by atoms with E-state index in [2.05, 4.69) is 12.2 Å². The van der Waals surface area contributed by atoms with Gasteiger partial charge in [0.05, 0.1) is 12.2 Å². The van der Waals surface area contributed by atoms with Crippen LogP contribution in [-0.2, 0) is 11.3 Å². The van der Waals surface area contributed by atoms with Gasteiger partial charge >= 0.3 is 0 Å². The molecule has 1 saturated carbocycles. The molecule has 3 aromatic rings. The zero-order valence-corrected chi connectivity index (χ0v) is 20.2. The van der Waals surface area contributed by atoms with Crippen molar-refractivity contribution in [2.75, 3.05) is 4.90 Å². The zero-order chi connectivity index (χ0) is 25.1. The van der Waals surface area contributed by atoms with E-state index in [1.165, 1.54) is 18.6 Å². The quantitative estimate of drug-likeness (QED) is 0.445. The third-order valence-electron chi connectivity index (χ3n) is 6.96. The molecule has 1 heterocycles. The highest BCUT2D eigenvalue weighted by atomic mass is 19.1. The fourth-order valence-corrected chi connectivity index (χ4v) is 4.90. The van der Waals surface area contributed by atoms with Crippen LogP contribution in [0.4, 0.5) is 10.1 Å². The summed E-state index contributed by atoms with van der Waals surface area (Å²) in [5.74, 6) is 0.466. The normalized spacial score (nSPS) is 20.6. The van der Waals surface area contributed by atoms with E-state index in [0.29, 0.717) is 28.5 Å². The van der Waals surface area contributed by atoms with E-state index < -0.39 is 0 Å². The molecule has 0 aromatic heterocycles. The highest BCUT2D eigenvalue weighted by Crippen LogP contribution is 2.36. The molecule has 2 amide bonds. The van der Waals surface area contributed by atoms with Crippen LogP contribution >= 0.6 is 0 Å². The number of fused-ring (bicyclic) bond motifs is 1. The number of hydrogen-bond donors (Lipinski definition) is 1. The van der Waals surface area contributed by atoms with Crippen molar-refractivity contribution in [1.29, 1.82) is 0 Å². The number of nitrogens with one attached hydrogen (secondary N) is 1. The van der Waals surface area contributed by atoms with Crippen molar-refractivity contribution < 1.29 is 18.7 Å². The minimum absolute atomic E-state index is 0.0758. The van der Waals surface area contributed by atoms with Crippen molar-refractivity contribution in [2.24, 2.45) is 5.92 Å². The SMILES string of the molecule is CC1CCCCC1NC(=O)c1ccc(C=C2Oc3ccccc3N(Cc3cccc(F)c3)C2=O)cc1. The maximum absolute atomic E-state index is 13.8. The van der Waals surface area contributed by atoms with Crippen molar-refractivity contribution in [3.63, 3.8) is 0 Å². The van der Waals surface area contributed by atoms with E-state index in [1.807, 2.05) is 18.2 Å². The second-order valence-electron chi connectivity index (χ2n) is 9.56. The fraction of sp³-hybridized carbons (Fsp3) is 0.267. The Morgan fingerprint density at radius 3 is 2.61 bits per heavy atom. The van der Waals surface area contributed by atoms with E-state index in [0.717, 1.165) is 24.8 Å². The average molecular weight is 485 g/mol. The molecule has 184 valence electrons. The number of carbonyl (C=O) groups excluding carboxylic acids is 2.